The first-order valence-corrected chi connectivity index (χ1v) is 11.1. The van der Waals surface area contributed by atoms with Crippen LogP contribution >= 0.6 is 0 Å². The van der Waals surface area contributed by atoms with Gasteiger partial charge in [0.05, 0.1) is 11.4 Å². The minimum atomic E-state index is -0.124. The molecule has 0 bridgehead atoms. The number of aromatic nitrogens is 1. The molecule has 1 saturated heterocycles. The Morgan fingerprint density at radius 1 is 1.18 bits per heavy atom. The lowest BCUT2D eigenvalue weighted by Crippen LogP contribution is -2.50. The Morgan fingerprint density at radius 3 is 2.43 bits per heavy atom. The minimum absolute atomic E-state index is 0.124. The number of hydrogen-bond acceptors (Lipinski definition) is 4. The zero-order valence-electron chi connectivity index (χ0n) is 18.4. The molecule has 0 aromatic carbocycles. The van der Waals surface area contributed by atoms with Crippen LogP contribution in [-0.4, -0.2) is 55.1 Å². The van der Waals surface area contributed by atoms with Crippen LogP contribution in [0.15, 0.2) is 12.1 Å². The van der Waals surface area contributed by atoms with Crippen molar-refractivity contribution in [1.82, 2.24) is 15.2 Å². The lowest BCUT2D eigenvalue weighted by Gasteiger charge is -2.40. The first-order valence-electron chi connectivity index (χ1n) is 11.1. The fourth-order valence-electron chi connectivity index (χ4n) is 5.22. The van der Waals surface area contributed by atoms with Gasteiger partial charge in [-0.05, 0) is 49.7 Å². The average Bonchev–Trinajstić information content (AvgIpc) is 3.23. The topological polar surface area (TPSA) is 48.5 Å². The number of rotatable bonds is 6. The largest absolute Gasteiger partial charge is 0.368 e. The predicted octanol–water partition coefficient (Wildman–Crippen LogP) is 3.87. The number of nitrogens with one attached hydrogen (secondary N) is 1. The van der Waals surface area contributed by atoms with E-state index < -0.39 is 0 Å². The van der Waals surface area contributed by atoms with Gasteiger partial charge in [-0.25, -0.2) is 4.98 Å². The Hall–Kier alpha value is -1.62. The summed E-state index contributed by atoms with van der Waals surface area (Å²) in [5.41, 5.74) is 3.12. The smallest absolute Gasteiger partial charge is 0.269 e. The highest BCUT2D eigenvalue weighted by Gasteiger charge is 2.39. The molecule has 1 aromatic heterocycles. The lowest BCUT2D eigenvalue weighted by molar-refractivity contribution is 0.0958. The summed E-state index contributed by atoms with van der Waals surface area (Å²) in [4.78, 5) is 21.5. The summed E-state index contributed by atoms with van der Waals surface area (Å²) in [6.45, 7) is 13.6. The van der Waals surface area contributed by atoms with E-state index in [1.54, 1.807) is 7.05 Å². The molecule has 28 heavy (non-hydrogen) atoms. The number of carbonyl (C=O) groups excluding carboxylic acids is 1. The molecule has 1 amide bonds. The van der Waals surface area contributed by atoms with Crippen molar-refractivity contribution in [2.45, 2.75) is 65.8 Å². The second-order valence-corrected chi connectivity index (χ2v) is 8.93. The van der Waals surface area contributed by atoms with Crippen molar-refractivity contribution in [1.29, 1.82) is 0 Å². The number of amides is 1. The zero-order valence-corrected chi connectivity index (χ0v) is 18.4. The maximum atomic E-state index is 11.8. The first kappa shape index (κ1) is 21.1. The van der Waals surface area contributed by atoms with E-state index >= 15 is 0 Å². The molecule has 2 aliphatic rings. The van der Waals surface area contributed by atoms with Gasteiger partial charge in [0.2, 0.25) is 0 Å². The van der Waals surface area contributed by atoms with E-state index in [1.807, 2.05) is 13.0 Å². The molecule has 2 unspecified atom stereocenters. The summed E-state index contributed by atoms with van der Waals surface area (Å²) < 4.78 is 0. The van der Waals surface area contributed by atoms with E-state index in [9.17, 15) is 4.79 Å². The van der Waals surface area contributed by atoms with Crippen molar-refractivity contribution in [2.75, 3.05) is 38.1 Å². The number of pyridine rings is 1. The monoisotopic (exact) mass is 386 g/mol. The van der Waals surface area contributed by atoms with Crippen LogP contribution in [0.2, 0.25) is 0 Å². The van der Waals surface area contributed by atoms with Crippen molar-refractivity contribution < 1.29 is 4.79 Å². The number of nitrogens with zero attached hydrogens (tertiary/aromatic N) is 3. The molecular weight excluding hydrogens is 348 g/mol. The van der Waals surface area contributed by atoms with Gasteiger partial charge in [0.25, 0.3) is 5.91 Å². The quantitative estimate of drug-likeness (QED) is 0.806. The standard InChI is InChI=1S/C23H38N4O/c1-6-23(4,7-2)18-8-9-19(16-18)26-12-14-27(15-13-26)21-11-10-20(22(28)24-5)25-17(21)3/h10-11,18-19H,6-9,12-16H2,1-5H3,(H,24,28). The van der Waals surface area contributed by atoms with Gasteiger partial charge in [-0.2, -0.15) is 0 Å². The van der Waals surface area contributed by atoms with Crippen LogP contribution in [0.3, 0.4) is 0 Å². The number of piperazine rings is 1. The van der Waals surface area contributed by atoms with Gasteiger partial charge in [0, 0.05) is 39.3 Å². The third-order valence-electron chi connectivity index (χ3n) is 7.69. The van der Waals surface area contributed by atoms with E-state index in [0.29, 0.717) is 11.1 Å². The second kappa shape index (κ2) is 8.81. The van der Waals surface area contributed by atoms with E-state index in [1.165, 1.54) is 37.8 Å². The number of anilines is 1. The van der Waals surface area contributed by atoms with Gasteiger partial charge in [0.15, 0.2) is 0 Å². The molecule has 1 aliphatic heterocycles. The maximum Gasteiger partial charge on any atom is 0.269 e. The number of aryl methyl sites for hydroxylation is 1. The highest BCUT2D eigenvalue weighted by molar-refractivity contribution is 5.92. The zero-order chi connectivity index (χ0) is 20.3. The molecule has 2 fully saturated rings. The summed E-state index contributed by atoms with van der Waals surface area (Å²) in [7, 11) is 1.64. The van der Waals surface area contributed by atoms with Crippen LogP contribution in [0.4, 0.5) is 5.69 Å². The van der Waals surface area contributed by atoms with Crippen molar-refractivity contribution in [2.24, 2.45) is 11.3 Å². The summed E-state index contributed by atoms with van der Waals surface area (Å²) in [5.74, 6) is 0.760. The molecule has 2 atom stereocenters. The van der Waals surface area contributed by atoms with Crippen LogP contribution in [0.25, 0.3) is 0 Å². The van der Waals surface area contributed by atoms with Gasteiger partial charge in [-0.1, -0.05) is 33.6 Å². The van der Waals surface area contributed by atoms with Crippen LogP contribution in [0.5, 0.6) is 0 Å². The van der Waals surface area contributed by atoms with Gasteiger partial charge in [-0.3, -0.25) is 9.69 Å². The van der Waals surface area contributed by atoms with Crippen molar-refractivity contribution >= 4 is 11.6 Å². The molecule has 1 aromatic rings. The Kier molecular flexibility index (Phi) is 6.64. The highest BCUT2D eigenvalue weighted by atomic mass is 16.1. The van der Waals surface area contributed by atoms with Crippen LogP contribution < -0.4 is 10.2 Å². The molecule has 5 nitrogen and oxygen atoms in total. The van der Waals surface area contributed by atoms with Crippen LogP contribution in [-0.2, 0) is 0 Å². The third-order valence-corrected chi connectivity index (χ3v) is 7.69. The second-order valence-electron chi connectivity index (χ2n) is 8.93. The van der Waals surface area contributed by atoms with Gasteiger partial charge in [0.1, 0.15) is 5.69 Å². The Bertz CT molecular complexity index is 677. The molecule has 156 valence electrons. The van der Waals surface area contributed by atoms with E-state index in [2.05, 4.69) is 46.9 Å². The predicted molar refractivity (Wildman–Crippen MR) is 116 cm³/mol. The Balaban J connectivity index is 1.57. The molecule has 0 spiro atoms. The normalized spacial score (nSPS) is 23.8. The molecule has 0 radical (unpaired) electrons. The van der Waals surface area contributed by atoms with Gasteiger partial charge in [-0.15, -0.1) is 0 Å². The molecule has 2 heterocycles. The SMILES string of the molecule is CCC(C)(CC)C1CCC(N2CCN(c3ccc(C(=O)NC)nc3C)CC2)C1. The third kappa shape index (κ3) is 4.19. The number of hydrogen-bond donors (Lipinski definition) is 1. The molecule has 1 aliphatic carbocycles. The van der Waals surface area contributed by atoms with E-state index in [4.69, 9.17) is 0 Å². The minimum Gasteiger partial charge on any atom is -0.368 e. The van der Waals surface area contributed by atoms with Crippen molar-refractivity contribution in [3.05, 3.63) is 23.5 Å². The van der Waals surface area contributed by atoms with Crippen LogP contribution in [0.1, 0.15) is 69.1 Å². The fourth-order valence-corrected chi connectivity index (χ4v) is 5.22. The van der Waals surface area contributed by atoms with Crippen molar-refractivity contribution in [3.8, 4) is 0 Å². The van der Waals surface area contributed by atoms with Gasteiger partial charge < -0.3 is 10.2 Å². The maximum absolute atomic E-state index is 11.8. The number of carbonyl (C=O) groups is 1. The molecule has 1 N–H and O–H groups in total. The highest BCUT2D eigenvalue weighted by Crippen LogP contribution is 2.45. The fraction of sp³-hybridized carbons (Fsp3) is 0.739. The van der Waals surface area contributed by atoms with E-state index in [-0.39, 0.29) is 5.91 Å². The van der Waals surface area contributed by atoms with Gasteiger partial charge >= 0.3 is 0 Å². The average molecular weight is 387 g/mol. The molecular formula is C23H38N4O. The van der Waals surface area contributed by atoms with E-state index in [0.717, 1.165) is 43.8 Å². The first-order chi connectivity index (χ1) is 13.4. The van der Waals surface area contributed by atoms with Crippen molar-refractivity contribution in [3.63, 3.8) is 0 Å². The van der Waals surface area contributed by atoms with Crippen LogP contribution in [0, 0.1) is 18.3 Å². The molecule has 3 rings (SSSR count). The molecule has 5 heteroatoms. The lowest BCUT2D eigenvalue weighted by atomic mass is 9.72. The summed E-state index contributed by atoms with van der Waals surface area (Å²) in [5, 5.41) is 2.65. The summed E-state index contributed by atoms with van der Waals surface area (Å²) >= 11 is 0. The molecule has 1 saturated carbocycles. The summed E-state index contributed by atoms with van der Waals surface area (Å²) in [6, 6.07) is 4.66. The Morgan fingerprint density at radius 2 is 1.86 bits per heavy atom. The Labute approximate surface area is 170 Å². The summed E-state index contributed by atoms with van der Waals surface area (Å²) in [6.07, 6.45) is 6.73.